The first-order valence-electron chi connectivity index (χ1n) is 5.82. The lowest BCUT2D eigenvalue weighted by Crippen LogP contribution is -2.20. The Kier molecular flexibility index (Phi) is 6.55. The van der Waals surface area contributed by atoms with Gasteiger partial charge in [0, 0.05) is 19.2 Å². The Labute approximate surface area is 112 Å². The van der Waals surface area contributed by atoms with Crippen LogP contribution in [0.5, 0.6) is 5.75 Å². The van der Waals surface area contributed by atoms with Crippen molar-refractivity contribution < 1.29 is 9.47 Å². The third kappa shape index (κ3) is 4.66. The molecule has 0 amide bonds. The monoisotopic (exact) mass is 301 g/mol. The first-order valence-corrected chi connectivity index (χ1v) is 6.62. The van der Waals surface area contributed by atoms with E-state index in [4.69, 9.17) is 9.47 Å². The second kappa shape index (κ2) is 7.69. The predicted molar refractivity (Wildman–Crippen MR) is 73.5 cm³/mol. The molecule has 3 nitrogen and oxygen atoms in total. The van der Waals surface area contributed by atoms with Gasteiger partial charge in [-0.25, -0.2) is 0 Å². The van der Waals surface area contributed by atoms with Crippen LogP contribution in [-0.4, -0.2) is 26.4 Å². The van der Waals surface area contributed by atoms with E-state index in [0.717, 1.165) is 28.9 Å². The van der Waals surface area contributed by atoms with Crippen molar-refractivity contribution in [1.29, 1.82) is 0 Å². The van der Waals surface area contributed by atoms with Crippen LogP contribution >= 0.6 is 15.9 Å². The van der Waals surface area contributed by atoms with Gasteiger partial charge in [-0.2, -0.15) is 0 Å². The number of para-hydroxylation sites is 1. The molecule has 1 rings (SSSR count). The Morgan fingerprint density at radius 1 is 1.41 bits per heavy atom. The Morgan fingerprint density at radius 3 is 2.82 bits per heavy atom. The smallest absolute Gasteiger partial charge is 0.138 e. The molecule has 0 spiro atoms. The van der Waals surface area contributed by atoms with Gasteiger partial charge in [0.1, 0.15) is 11.9 Å². The van der Waals surface area contributed by atoms with Crippen molar-refractivity contribution in [2.24, 2.45) is 0 Å². The zero-order valence-electron chi connectivity index (χ0n) is 10.6. The van der Waals surface area contributed by atoms with Gasteiger partial charge in [0.2, 0.25) is 0 Å². The molecule has 0 aliphatic heterocycles. The van der Waals surface area contributed by atoms with E-state index in [1.165, 1.54) is 0 Å². The first-order chi connectivity index (χ1) is 8.19. The van der Waals surface area contributed by atoms with Crippen molar-refractivity contribution in [2.45, 2.75) is 26.5 Å². The van der Waals surface area contributed by atoms with Gasteiger partial charge in [-0.3, -0.25) is 0 Å². The van der Waals surface area contributed by atoms with Crippen LogP contribution < -0.4 is 10.1 Å². The number of hydrogen-bond acceptors (Lipinski definition) is 3. The van der Waals surface area contributed by atoms with Crippen molar-refractivity contribution in [2.75, 3.05) is 20.3 Å². The van der Waals surface area contributed by atoms with Crippen LogP contribution in [0.4, 0.5) is 0 Å². The third-order valence-corrected chi connectivity index (χ3v) is 2.96. The van der Waals surface area contributed by atoms with Crippen LogP contribution in [0, 0.1) is 0 Å². The van der Waals surface area contributed by atoms with Crippen molar-refractivity contribution in [1.82, 2.24) is 5.32 Å². The van der Waals surface area contributed by atoms with Gasteiger partial charge < -0.3 is 14.8 Å². The molecule has 1 atom stereocenters. The fourth-order valence-corrected chi connectivity index (χ4v) is 2.05. The Bertz CT molecular complexity index is 344. The third-order valence-electron chi connectivity index (χ3n) is 2.33. The van der Waals surface area contributed by atoms with Gasteiger partial charge >= 0.3 is 0 Å². The molecule has 1 aromatic carbocycles. The molecule has 17 heavy (non-hydrogen) atoms. The highest BCUT2D eigenvalue weighted by Crippen LogP contribution is 2.30. The standard InChI is InChI=1S/C13H20BrNO2/c1-4-15-8-11-6-5-7-12(14)13(11)17-10(2)9-16-3/h5-7,10,15H,4,8-9H2,1-3H3. The van der Waals surface area contributed by atoms with E-state index in [2.05, 4.69) is 34.2 Å². The van der Waals surface area contributed by atoms with Crippen LogP contribution in [0.3, 0.4) is 0 Å². The zero-order valence-corrected chi connectivity index (χ0v) is 12.2. The molecular weight excluding hydrogens is 282 g/mol. The molecule has 0 aliphatic carbocycles. The highest BCUT2D eigenvalue weighted by Gasteiger charge is 2.11. The lowest BCUT2D eigenvalue weighted by atomic mass is 10.2. The second-order valence-electron chi connectivity index (χ2n) is 3.89. The minimum atomic E-state index is 0.0408. The van der Waals surface area contributed by atoms with Crippen LogP contribution in [0.2, 0.25) is 0 Å². The van der Waals surface area contributed by atoms with E-state index in [1.807, 2.05) is 19.1 Å². The normalized spacial score (nSPS) is 12.5. The molecule has 4 heteroatoms. The molecule has 0 saturated heterocycles. The SMILES string of the molecule is CCNCc1cccc(Br)c1OC(C)COC. The fourth-order valence-electron chi connectivity index (χ4n) is 1.55. The maximum Gasteiger partial charge on any atom is 0.138 e. The van der Waals surface area contributed by atoms with Crippen molar-refractivity contribution in [3.63, 3.8) is 0 Å². The summed E-state index contributed by atoms with van der Waals surface area (Å²) < 4.78 is 12.0. The van der Waals surface area contributed by atoms with Gasteiger partial charge in [-0.05, 0) is 35.5 Å². The second-order valence-corrected chi connectivity index (χ2v) is 4.75. The summed E-state index contributed by atoms with van der Waals surface area (Å²) in [5.41, 5.74) is 1.16. The van der Waals surface area contributed by atoms with Crippen LogP contribution in [-0.2, 0) is 11.3 Å². The molecule has 0 saturated carbocycles. The van der Waals surface area contributed by atoms with E-state index in [9.17, 15) is 0 Å². The first kappa shape index (κ1) is 14.5. The van der Waals surface area contributed by atoms with Crippen molar-refractivity contribution in [3.05, 3.63) is 28.2 Å². The molecule has 0 bridgehead atoms. The number of halogens is 1. The number of benzene rings is 1. The Hall–Kier alpha value is -0.580. The van der Waals surface area contributed by atoms with E-state index < -0.39 is 0 Å². The van der Waals surface area contributed by atoms with E-state index in [-0.39, 0.29) is 6.10 Å². The summed E-state index contributed by atoms with van der Waals surface area (Å²) >= 11 is 3.53. The zero-order chi connectivity index (χ0) is 12.7. The number of hydrogen-bond donors (Lipinski definition) is 1. The van der Waals surface area contributed by atoms with E-state index >= 15 is 0 Å². The van der Waals surface area contributed by atoms with Gasteiger partial charge in [-0.1, -0.05) is 19.1 Å². The predicted octanol–water partition coefficient (Wildman–Crippen LogP) is 2.97. The number of nitrogens with one attached hydrogen (secondary N) is 1. The maximum absolute atomic E-state index is 5.90. The minimum Gasteiger partial charge on any atom is -0.487 e. The summed E-state index contributed by atoms with van der Waals surface area (Å²) in [7, 11) is 1.68. The summed E-state index contributed by atoms with van der Waals surface area (Å²) in [5.74, 6) is 0.901. The number of ether oxygens (including phenoxy) is 2. The average Bonchev–Trinajstić information content (AvgIpc) is 2.30. The summed E-state index contributed by atoms with van der Waals surface area (Å²) in [4.78, 5) is 0. The molecule has 0 heterocycles. The summed E-state index contributed by atoms with van der Waals surface area (Å²) in [6.07, 6.45) is 0.0408. The highest BCUT2D eigenvalue weighted by molar-refractivity contribution is 9.10. The lowest BCUT2D eigenvalue weighted by Gasteiger charge is -2.18. The topological polar surface area (TPSA) is 30.5 Å². The fraction of sp³-hybridized carbons (Fsp3) is 0.538. The Morgan fingerprint density at radius 2 is 2.18 bits per heavy atom. The van der Waals surface area contributed by atoms with E-state index in [0.29, 0.717) is 6.61 Å². The minimum absolute atomic E-state index is 0.0408. The van der Waals surface area contributed by atoms with Gasteiger partial charge in [-0.15, -0.1) is 0 Å². The largest absolute Gasteiger partial charge is 0.487 e. The highest BCUT2D eigenvalue weighted by atomic mass is 79.9. The number of methoxy groups -OCH3 is 1. The molecule has 1 N–H and O–H groups in total. The molecular formula is C13H20BrNO2. The summed E-state index contributed by atoms with van der Waals surface area (Å²) in [5, 5.41) is 3.31. The van der Waals surface area contributed by atoms with Crippen molar-refractivity contribution in [3.8, 4) is 5.75 Å². The van der Waals surface area contributed by atoms with Crippen LogP contribution in [0.25, 0.3) is 0 Å². The quantitative estimate of drug-likeness (QED) is 0.840. The summed E-state index contributed by atoms with van der Waals surface area (Å²) in [6, 6.07) is 6.08. The molecule has 0 aliphatic rings. The van der Waals surface area contributed by atoms with Gasteiger partial charge in [0.15, 0.2) is 0 Å². The maximum atomic E-state index is 5.90. The lowest BCUT2D eigenvalue weighted by molar-refractivity contribution is 0.0908. The molecule has 1 unspecified atom stereocenters. The summed E-state index contributed by atoms with van der Waals surface area (Å²) in [6.45, 7) is 6.43. The van der Waals surface area contributed by atoms with E-state index in [1.54, 1.807) is 7.11 Å². The van der Waals surface area contributed by atoms with Crippen LogP contribution in [0.15, 0.2) is 22.7 Å². The van der Waals surface area contributed by atoms with Gasteiger partial charge in [0.05, 0.1) is 11.1 Å². The average molecular weight is 302 g/mol. The molecule has 0 fully saturated rings. The molecule has 1 aromatic rings. The van der Waals surface area contributed by atoms with Crippen molar-refractivity contribution >= 4 is 15.9 Å². The van der Waals surface area contributed by atoms with Crippen LogP contribution in [0.1, 0.15) is 19.4 Å². The molecule has 0 radical (unpaired) electrons. The molecule has 0 aromatic heterocycles. The molecule has 96 valence electrons. The number of rotatable bonds is 7. The Balaban J connectivity index is 2.79. The van der Waals surface area contributed by atoms with Gasteiger partial charge in [0.25, 0.3) is 0 Å².